The first-order valence-electron chi connectivity index (χ1n) is 7.72. The minimum absolute atomic E-state index is 0.0366. The normalized spacial score (nSPS) is 11.7. The van der Waals surface area contributed by atoms with Crippen molar-refractivity contribution in [3.05, 3.63) is 46.0 Å². The number of aromatic nitrogens is 2. The number of fused-ring (bicyclic) bond motifs is 1. The van der Waals surface area contributed by atoms with E-state index in [2.05, 4.69) is 10.3 Å². The van der Waals surface area contributed by atoms with Gasteiger partial charge in [-0.3, -0.25) is 14.0 Å². The molecule has 2 aromatic rings. The summed E-state index contributed by atoms with van der Waals surface area (Å²) in [6.07, 6.45) is 4.47. The molecule has 0 saturated heterocycles. The molecule has 124 valence electrons. The number of pyridine rings is 1. The summed E-state index contributed by atoms with van der Waals surface area (Å²) in [5, 5.41) is 11.9. The molecule has 0 radical (unpaired) electrons. The SMILES string of the molecule is Cc1cccn2c(=O)c(C(=O)NCCCC(C)(C)CO)cnc12. The zero-order valence-electron chi connectivity index (χ0n) is 13.8. The van der Waals surface area contributed by atoms with Gasteiger partial charge in [-0.05, 0) is 36.8 Å². The molecule has 2 rings (SSSR count). The smallest absolute Gasteiger partial charge is 0.270 e. The summed E-state index contributed by atoms with van der Waals surface area (Å²) in [4.78, 5) is 28.8. The summed E-state index contributed by atoms with van der Waals surface area (Å²) in [7, 11) is 0. The number of rotatable bonds is 6. The Bertz CT molecular complexity index is 765. The molecule has 23 heavy (non-hydrogen) atoms. The number of aryl methyl sites for hydroxylation is 1. The van der Waals surface area contributed by atoms with Crippen molar-refractivity contribution < 1.29 is 9.90 Å². The van der Waals surface area contributed by atoms with E-state index in [-0.39, 0.29) is 23.1 Å². The van der Waals surface area contributed by atoms with Gasteiger partial charge in [-0.15, -0.1) is 0 Å². The highest BCUT2D eigenvalue weighted by Gasteiger charge is 2.17. The van der Waals surface area contributed by atoms with E-state index in [1.54, 1.807) is 12.3 Å². The molecule has 0 aromatic carbocycles. The number of nitrogens with zero attached hydrogens (tertiary/aromatic N) is 2. The van der Waals surface area contributed by atoms with Crippen LogP contribution in [0, 0.1) is 12.3 Å². The van der Waals surface area contributed by atoms with E-state index in [0.29, 0.717) is 12.2 Å². The van der Waals surface area contributed by atoms with E-state index in [1.165, 1.54) is 10.6 Å². The largest absolute Gasteiger partial charge is 0.396 e. The summed E-state index contributed by atoms with van der Waals surface area (Å²) >= 11 is 0. The fourth-order valence-corrected chi connectivity index (χ4v) is 2.35. The monoisotopic (exact) mass is 317 g/mol. The number of hydrogen-bond donors (Lipinski definition) is 2. The van der Waals surface area contributed by atoms with Crippen LogP contribution in [0.25, 0.3) is 5.65 Å². The van der Waals surface area contributed by atoms with Gasteiger partial charge in [0.2, 0.25) is 0 Å². The fourth-order valence-electron chi connectivity index (χ4n) is 2.35. The summed E-state index contributed by atoms with van der Waals surface area (Å²) in [5.41, 5.74) is 0.940. The van der Waals surface area contributed by atoms with E-state index < -0.39 is 5.91 Å². The van der Waals surface area contributed by atoms with Crippen molar-refractivity contribution in [2.45, 2.75) is 33.6 Å². The highest BCUT2D eigenvalue weighted by molar-refractivity contribution is 5.93. The molecule has 0 bridgehead atoms. The molecule has 6 heteroatoms. The third kappa shape index (κ3) is 3.96. The van der Waals surface area contributed by atoms with Crippen molar-refractivity contribution in [3.63, 3.8) is 0 Å². The first-order chi connectivity index (χ1) is 10.9. The first-order valence-corrected chi connectivity index (χ1v) is 7.72. The number of amides is 1. The van der Waals surface area contributed by atoms with E-state index in [1.807, 2.05) is 26.8 Å². The van der Waals surface area contributed by atoms with Gasteiger partial charge in [0.1, 0.15) is 11.2 Å². The minimum Gasteiger partial charge on any atom is -0.396 e. The molecule has 0 aliphatic rings. The molecular weight excluding hydrogens is 294 g/mol. The van der Waals surface area contributed by atoms with Gasteiger partial charge >= 0.3 is 0 Å². The van der Waals surface area contributed by atoms with Gasteiger partial charge < -0.3 is 10.4 Å². The van der Waals surface area contributed by atoms with Crippen molar-refractivity contribution >= 4 is 11.6 Å². The van der Waals surface area contributed by atoms with Crippen LogP contribution in [-0.2, 0) is 0 Å². The third-order valence-corrected chi connectivity index (χ3v) is 3.92. The number of carbonyl (C=O) groups excluding carboxylic acids is 1. The Hall–Kier alpha value is -2.21. The lowest BCUT2D eigenvalue weighted by Crippen LogP contribution is -2.32. The Morgan fingerprint density at radius 2 is 2.17 bits per heavy atom. The highest BCUT2D eigenvalue weighted by Crippen LogP contribution is 2.20. The fraction of sp³-hybridized carbons (Fsp3) is 0.471. The van der Waals surface area contributed by atoms with E-state index in [9.17, 15) is 14.7 Å². The second kappa shape index (κ2) is 6.91. The molecular formula is C17H23N3O3. The summed E-state index contributed by atoms with van der Waals surface area (Å²) in [6.45, 7) is 6.37. The van der Waals surface area contributed by atoms with Gasteiger partial charge in [0.05, 0.1) is 0 Å². The second-order valence-electron chi connectivity index (χ2n) is 6.54. The average molecular weight is 317 g/mol. The van der Waals surface area contributed by atoms with Crippen molar-refractivity contribution in [3.8, 4) is 0 Å². The van der Waals surface area contributed by atoms with Gasteiger partial charge in [-0.2, -0.15) is 0 Å². The number of aliphatic hydroxyl groups is 1. The minimum atomic E-state index is -0.416. The number of hydrogen-bond acceptors (Lipinski definition) is 4. The van der Waals surface area contributed by atoms with Crippen LogP contribution in [0.5, 0.6) is 0 Å². The standard InChI is InChI=1S/C17H23N3O3/c1-12-6-4-9-20-14(12)19-10-13(16(20)23)15(22)18-8-5-7-17(2,3)11-21/h4,6,9-10,21H,5,7-8,11H2,1-3H3,(H,18,22). The number of carbonyl (C=O) groups is 1. The van der Waals surface area contributed by atoms with Gasteiger partial charge in [-0.25, -0.2) is 4.98 Å². The Kier molecular flexibility index (Phi) is 5.15. The molecule has 0 spiro atoms. The molecule has 6 nitrogen and oxygen atoms in total. The van der Waals surface area contributed by atoms with Crippen LogP contribution in [0.1, 0.15) is 42.6 Å². The molecule has 0 atom stereocenters. The maximum atomic E-state index is 12.4. The van der Waals surface area contributed by atoms with Crippen molar-refractivity contribution in [1.82, 2.24) is 14.7 Å². The van der Waals surface area contributed by atoms with Crippen LogP contribution in [-0.4, -0.2) is 33.6 Å². The summed E-state index contributed by atoms with van der Waals surface area (Å²) in [6, 6.07) is 3.62. The second-order valence-corrected chi connectivity index (χ2v) is 6.54. The van der Waals surface area contributed by atoms with Crippen molar-refractivity contribution in [2.24, 2.45) is 5.41 Å². The van der Waals surface area contributed by atoms with Crippen LogP contribution < -0.4 is 10.9 Å². The van der Waals surface area contributed by atoms with Crippen molar-refractivity contribution in [2.75, 3.05) is 13.2 Å². The quantitative estimate of drug-likeness (QED) is 0.792. The average Bonchev–Trinajstić information content (AvgIpc) is 2.52. The van der Waals surface area contributed by atoms with Crippen molar-refractivity contribution in [1.29, 1.82) is 0 Å². The molecule has 2 heterocycles. The molecule has 0 aliphatic carbocycles. The number of nitrogens with one attached hydrogen (secondary N) is 1. The third-order valence-electron chi connectivity index (χ3n) is 3.92. The summed E-state index contributed by atoms with van der Waals surface area (Å²) in [5.74, 6) is -0.416. The van der Waals surface area contributed by atoms with E-state index in [4.69, 9.17) is 0 Å². The topological polar surface area (TPSA) is 83.7 Å². The zero-order chi connectivity index (χ0) is 17.0. The predicted octanol–water partition coefficient (Wildman–Crippen LogP) is 1.53. The maximum absolute atomic E-state index is 12.4. The highest BCUT2D eigenvalue weighted by atomic mass is 16.3. The zero-order valence-corrected chi connectivity index (χ0v) is 13.8. The first kappa shape index (κ1) is 17.1. The van der Waals surface area contributed by atoms with E-state index in [0.717, 1.165) is 18.4 Å². The summed E-state index contributed by atoms with van der Waals surface area (Å²) < 4.78 is 1.39. The van der Waals surface area contributed by atoms with Crippen LogP contribution >= 0.6 is 0 Å². The number of aliphatic hydroxyl groups excluding tert-OH is 1. The van der Waals surface area contributed by atoms with Crippen LogP contribution in [0.3, 0.4) is 0 Å². The molecule has 2 aromatic heterocycles. The molecule has 0 saturated carbocycles. The predicted molar refractivity (Wildman–Crippen MR) is 88.6 cm³/mol. The Balaban J connectivity index is 2.07. The van der Waals surface area contributed by atoms with Gasteiger partial charge in [0.25, 0.3) is 11.5 Å². The molecule has 2 N–H and O–H groups in total. The van der Waals surface area contributed by atoms with Gasteiger partial charge in [0.15, 0.2) is 0 Å². The Morgan fingerprint density at radius 3 is 2.87 bits per heavy atom. The lowest BCUT2D eigenvalue weighted by Gasteiger charge is -2.21. The molecule has 1 amide bonds. The van der Waals surface area contributed by atoms with Crippen LogP contribution in [0.15, 0.2) is 29.3 Å². The molecule has 0 unspecified atom stereocenters. The van der Waals surface area contributed by atoms with Gasteiger partial charge in [0, 0.05) is 25.5 Å². The Morgan fingerprint density at radius 1 is 1.43 bits per heavy atom. The lowest BCUT2D eigenvalue weighted by molar-refractivity contribution is 0.0946. The Labute approximate surface area is 135 Å². The lowest BCUT2D eigenvalue weighted by atomic mass is 9.89. The van der Waals surface area contributed by atoms with E-state index >= 15 is 0 Å². The molecule has 0 aliphatic heterocycles. The van der Waals surface area contributed by atoms with Crippen LogP contribution in [0.2, 0.25) is 0 Å². The van der Waals surface area contributed by atoms with Crippen LogP contribution in [0.4, 0.5) is 0 Å². The molecule has 0 fully saturated rings. The van der Waals surface area contributed by atoms with Gasteiger partial charge in [-0.1, -0.05) is 19.9 Å². The maximum Gasteiger partial charge on any atom is 0.270 e.